The maximum atomic E-state index is 11.2. The lowest BCUT2D eigenvalue weighted by atomic mass is 9.84. The molecule has 0 amide bonds. The van der Waals surface area contributed by atoms with Gasteiger partial charge in [0.25, 0.3) is 0 Å². The van der Waals surface area contributed by atoms with E-state index in [2.05, 4.69) is 0 Å². The number of ether oxygens (including phenoxy) is 6. The molecule has 40 heavy (non-hydrogen) atoms. The highest BCUT2D eigenvalue weighted by Gasteiger charge is 2.52. The topological polar surface area (TPSA) is 272 Å². The average Bonchev–Trinajstić information content (AvgIpc) is 3.24. The van der Waals surface area contributed by atoms with Crippen LogP contribution in [0.1, 0.15) is 45.4 Å². The lowest BCUT2D eigenvalue weighted by Gasteiger charge is -2.46. The highest BCUT2D eigenvalue weighted by atomic mass is 16.8. The first-order valence-electron chi connectivity index (χ1n) is 14.5. The van der Waals surface area contributed by atoms with Crippen LogP contribution in [0.4, 0.5) is 0 Å². The van der Waals surface area contributed by atoms with Crippen LogP contribution in [-0.4, -0.2) is 126 Å². The van der Waals surface area contributed by atoms with Gasteiger partial charge in [-0.1, -0.05) is 6.92 Å². The molecule has 1 saturated carbocycles. The molecule has 0 aromatic heterocycles. The van der Waals surface area contributed by atoms with E-state index >= 15 is 0 Å². The third kappa shape index (κ3) is 7.12. The third-order valence-corrected chi connectivity index (χ3v) is 8.56. The second-order valence-electron chi connectivity index (χ2n) is 11.5. The normalized spacial score (nSPS) is 49.2. The average molecular weight is 579 g/mol. The predicted molar refractivity (Wildman–Crippen MR) is 142 cm³/mol. The standard InChI is InChI=1S/C25H50N6O9/c1-2-11(27)16-6-5-13(29)24(36-16)38-20-15(31)7-14(30)18(33)22(20)40-25-19(34)21(17(9-32)37-25)39-23-12(28)4-3-10(8-26)35-23/h10-25,32-34H,2-9,26-31H2,1H3/t10-,11-,12+,13+,14+,15-,16-,17+,18-,19+,20+,21+,22+,23+,24+,25-/m0/s1. The van der Waals surface area contributed by atoms with Gasteiger partial charge < -0.3 is 78.1 Å². The summed E-state index contributed by atoms with van der Waals surface area (Å²) in [6.45, 7) is 1.80. The highest BCUT2D eigenvalue weighted by Crippen LogP contribution is 2.34. The second kappa shape index (κ2) is 14.2. The number of rotatable bonds is 10. The van der Waals surface area contributed by atoms with Crippen LogP contribution in [0.15, 0.2) is 0 Å². The summed E-state index contributed by atoms with van der Waals surface area (Å²) < 4.78 is 36.1. The molecule has 0 aromatic carbocycles. The fourth-order valence-corrected chi connectivity index (χ4v) is 5.93. The number of aliphatic hydroxyl groups is 3. The van der Waals surface area contributed by atoms with Crippen LogP contribution in [-0.2, 0) is 28.4 Å². The van der Waals surface area contributed by atoms with Crippen molar-refractivity contribution in [2.24, 2.45) is 34.4 Å². The van der Waals surface area contributed by atoms with Crippen LogP contribution in [0.25, 0.3) is 0 Å². The van der Waals surface area contributed by atoms with Crippen LogP contribution >= 0.6 is 0 Å². The maximum Gasteiger partial charge on any atom is 0.187 e. The largest absolute Gasteiger partial charge is 0.394 e. The summed E-state index contributed by atoms with van der Waals surface area (Å²) in [5, 5.41) is 32.2. The zero-order chi connectivity index (χ0) is 29.1. The molecule has 4 fully saturated rings. The minimum absolute atomic E-state index is 0.180. The molecule has 0 radical (unpaired) electrons. The molecular weight excluding hydrogens is 528 g/mol. The van der Waals surface area contributed by atoms with E-state index in [1.54, 1.807) is 0 Å². The molecule has 0 unspecified atom stereocenters. The van der Waals surface area contributed by atoms with Crippen molar-refractivity contribution in [3.05, 3.63) is 0 Å². The van der Waals surface area contributed by atoms with Gasteiger partial charge in [-0.15, -0.1) is 0 Å². The van der Waals surface area contributed by atoms with Crippen molar-refractivity contribution in [2.75, 3.05) is 13.2 Å². The Kier molecular flexibility index (Phi) is 11.5. The Morgan fingerprint density at radius 3 is 2.02 bits per heavy atom. The summed E-state index contributed by atoms with van der Waals surface area (Å²) in [5.74, 6) is 0. The third-order valence-electron chi connectivity index (χ3n) is 8.56. The van der Waals surface area contributed by atoms with Crippen LogP contribution in [0.2, 0.25) is 0 Å². The monoisotopic (exact) mass is 578 g/mol. The van der Waals surface area contributed by atoms with Gasteiger partial charge in [-0.2, -0.15) is 0 Å². The molecule has 234 valence electrons. The zero-order valence-electron chi connectivity index (χ0n) is 23.1. The Balaban J connectivity index is 1.47. The van der Waals surface area contributed by atoms with Gasteiger partial charge in [-0.25, -0.2) is 0 Å². The van der Waals surface area contributed by atoms with E-state index in [1.165, 1.54) is 0 Å². The molecule has 15 nitrogen and oxygen atoms in total. The fraction of sp³-hybridized carbons (Fsp3) is 1.00. The Bertz CT molecular complexity index is 791. The van der Waals surface area contributed by atoms with Crippen molar-refractivity contribution < 1.29 is 43.7 Å². The van der Waals surface area contributed by atoms with E-state index in [4.69, 9.17) is 62.8 Å². The Morgan fingerprint density at radius 1 is 0.750 bits per heavy atom. The van der Waals surface area contributed by atoms with E-state index < -0.39 is 86.3 Å². The van der Waals surface area contributed by atoms with Gasteiger partial charge >= 0.3 is 0 Å². The van der Waals surface area contributed by atoms with Crippen LogP contribution in [0.3, 0.4) is 0 Å². The lowest BCUT2D eigenvalue weighted by Crippen LogP contribution is -2.65. The summed E-state index contributed by atoms with van der Waals surface area (Å²) in [4.78, 5) is 0. The quantitative estimate of drug-likeness (QED) is 0.119. The van der Waals surface area contributed by atoms with Gasteiger partial charge in [0.1, 0.15) is 30.5 Å². The van der Waals surface area contributed by atoms with Crippen LogP contribution in [0.5, 0.6) is 0 Å². The summed E-state index contributed by atoms with van der Waals surface area (Å²) in [5.41, 5.74) is 37.1. The van der Waals surface area contributed by atoms with Gasteiger partial charge in [0, 0.05) is 24.7 Å². The molecule has 3 heterocycles. The van der Waals surface area contributed by atoms with E-state index in [0.29, 0.717) is 32.2 Å². The Labute approximate surface area is 235 Å². The summed E-state index contributed by atoms with van der Waals surface area (Å²) in [6.07, 6.45) is -6.41. The van der Waals surface area contributed by atoms with Crippen molar-refractivity contribution in [1.29, 1.82) is 0 Å². The number of aliphatic hydroxyl groups excluding tert-OH is 3. The molecule has 15 N–H and O–H groups in total. The molecule has 4 rings (SSSR count). The molecule has 3 aliphatic heterocycles. The molecule has 16 atom stereocenters. The molecule has 3 saturated heterocycles. The van der Waals surface area contributed by atoms with Crippen LogP contribution < -0.4 is 34.4 Å². The summed E-state index contributed by atoms with van der Waals surface area (Å²) in [7, 11) is 0. The van der Waals surface area contributed by atoms with E-state index in [1.807, 2.05) is 6.92 Å². The van der Waals surface area contributed by atoms with Crippen molar-refractivity contribution in [3.8, 4) is 0 Å². The smallest absolute Gasteiger partial charge is 0.187 e. The molecule has 0 spiro atoms. The van der Waals surface area contributed by atoms with E-state index in [9.17, 15) is 15.3 Å². The first-order chi connectivity index (χ1) is 19.1. The summed E-state index contributed by atoms with van der Waals surface area (Å²) >= 11 is 0. The Hall–Kier alpha value is -0.600. The van der Waals surface area contributed by atoms with Gasteiger partial charge in [0.15, 0.2) is 18.9 Å². The molecule has 0 aromatic rings. The summed E-state index contributed by atoms with van der Waals surface area (Å²) in [6, 6.07) is -2.43. The van der Waals surface area contributed by atoms with Crippen molar-refractivity contribution in [3.63, 3.8) is 0 Å². The van der Waals surface area contributed by atoms with Crippen molar-refractivity contribution in [2.45, 2.75) is 143 Å². The van der Waals surface area contributed by atoms with Gasteiger partial charge in [-0.05, 0) is 38.5 Å². The molecule has 15 heteroatoms. The number of nitrogens with two attached hydrogens (primary N) is 6. The number of hydrogen-bond acceptors (Lipinski definition) is 15. The molecule has 0 bridgehead atoms. The second-order valence-corrected chi connectivity index (χ2v) is 11.5. The van der Waals surface area contributed by atoms with Crippen LogP contribution in [0, 0.1) is 0 Å². The Morgan fingerprint density at radius 2 is 1.38 bits per heavy atom. The fourth-order valence-electron chi connectivity index (χ4n) is 5.93. The van der Waals surface area contributed by atoms with Gasteiger partial charge in [0.05, 0.1) is 37.0 Å². The molecule has 1 aliphatic carbocycles. The SMILES string of the molecule is CC[C@H](N)[C@@H]1CC[C@@H](N)[C@@H](O[C@H]2[C@H](O[C@@H]3O[C@H](CO)[C@@H](O[C@H]4O[C@H](CN)CC[C@H]4N)[C@H]3O)[C@@H](O)[C@H](N)C[C@@H]2N)O1. The lowest BCUT2D eigenvalue weighted by molar-refractivity contribution is -0.289. The van der Waals surface area contributed by atoms with E-state index in [0.717, 1.165) is 6.42 Å². The first-order valence-corrected chi connectivity index (χ1v) is 14.5. The minimum atomic E-state index is -1.37. The van der Waals surface area contributed by atoms with Gasteiger partial charge in [0.2, 0.25) is 0 Å². The van der Waals surface area contributed by atoms with Crippen molar-refractivity contribution in [1.82, 2.24) is 0 Å². The number of hydrogen-bond donors (Lipinski definition) is 9. The minimum Gasteiger partial charge on any atom is -0.394 e. The highest BCUT2D eigenvalue weighted by molar-refractivity contribution is 5.01. The van der Waals surface area contributed by atoms with Gasteiger partial charge in [-0.3, -0.25) is 0 Å². The zero-order valence-corrected chi connectivity index (χ0v) is 23.1. The predicted octanol–water partition coefficient (Wildman–Crippen LogP) is -4.00. The molecular formula is C25H50N6O9. The first kappa shape index (κ1) is 32.3. The maximum absolute atomic E-state index is 11.2. The van der Waals surface area contributed by atoms with E-state index in [-0.39, 0.29) is 24.7 Å². The molecule has 4 aliphatic rings. The van der Waals surface area contributed by atoms with Crippen molar-refractivity contribution >= 4 is 0 Å².